The standard InChI is InChI=1S/C13H7Cl3N2O3S/c14-8-4-11(16)13(19)12(5-8)22(20,21)18-9-1-2-10(15)7(3-9)6-17/h1-5,18-19H. The van der Waals surface area contributed by atoms with E-state index in [0.29, 0.717) is 0 Å². The monoisotopic (exact) mass is 376 g/mol. The first-order valence-electron chi connectivity index (χ1n) is 5.65. The lowest BCUT2D eigenvalue weighted by molar-refractivity contribution is 0.459. The average molecular weight is 378 g/mol. The molecular weight excluding hydrogens is 371 g/mol. The fourth-order valence-corrected chi connectivity index (χ4v) is 3.60. The van der Waals surface area contributed by atoms with E-state index in [0.717, 1.165) is 6.07 Å². The molecule has 0 heterocycles. The summed E-state index contributed by atoms with van der Waals surface area (Å²) in [7, 11) is -4.15. The van der Waals surface area contributed by atoms with Gasteiger partial charge in [0.25, 0.3) is 10.0 Å². The normalized spacial score (nSPS) is 11.0. The highest BCUT2D eigenvalue weighted by Gasteiger charge is 2.22. The van der Waals surface area contributed by atoms with Crippen LogP contribution < -0.4 is 4.72 Å². The Balaban J connectivity index is 2.47. The summed E-state index contributed by atoms with van der Waals surface area (Å²) in [5, 5.41) is 18.7. The minimum Gasteiger partial charge on any atom is -0.505 e. The van der Waals surface area contributed by atoms with E-state index in [4.69, 9.17) is 40.1 Å². The van der Waals surface area contributed by atoms with E-state index in [1.54, 1.807) is 0 Å². The number of nitriles is 1. The molecule has 0 spiro atoms. The number of halogens is 3. The molecule has 22 heavy (non-hydrogen) atoms. The Morgan fingerprint density at radius 3 is 2.41 bits per heavy atom. The Hall–Kier alpha value is -1.65. The van der Waals surface area contributed by atoms with Gasteiger partial charge in [-0.3, -0.25) is 4.72 Å². The summed E-state index contributed by atoms with van der Waals surface area (Å²) in [6.45, 7) is 0. The van der Waals surface area contributed by atoms with Crippen LogP contribution in [0.3, 0.4) is 0 Å². The van der Waals surface area contributed by atoms with E-state index >= 15 is 0 Å². The van der Waals surface area contributed by atoms with Gasteiger partial charge in [0, 0.05) is 5.02 Å². The third-order valence-corrected chi connectivity index (χ3v) is 4.85. The number of rotatable bonds is 3. The van der Waals surface area contributed by atoms with Crippen molar-refractivity contribution in [3.63, 3.8) is 0 Å². The van der Waals surface area contributed by atoms with E-state index in [1.165, 1.54) is 24.3 Å². The molecule has 0 bridgehead atoms. The molecule has 0 aliphatic carbocycles. The Morgan fingerprint density at radius 2 is 1.77 bits per heavy atom. The fraction of sp³-hybridized carbons (Fsp3) is 0. The number of sulfonamides is 1. The van der Waals surface area contributed by atoms with Crippen molar-refractivity contribution < 1.29 is 13.5 Å². The summed E-state index contributed by atoms with van der Waals surface area (Å²) in [6.07, 6.45) is 0. The van der Waals surface area contributed by atoms with Crippen molar-refractivity contribution in [2.24, 2.45) is 0 Å². The molecule has 0 aromatic heterocycles. The van der Waals surface area contributed by atoms with Crippen LogP contribution in [0.5, 0.6) is 5.75 Å². The Kier molecular flexibility index (Phi) is 4.73. The number of benzene rings is 2. The van der Waals surface area contributed by atoms with Crippen LogP contribution in [0.4, 0.5) is 5.69 Å². The quantitative estimate of drug-likeness (QED) is 0.845. The van der Waals surface area contributed by atoms with Gasteiger partial charge < -0.3 is 5.11 Å². The summed E-state index contributed by atoms with van der Waals surface area (Å²) in [5.41, 5.74) is 0.215. The second-order valence-electron chi connectivity index (χ2n) is 4.15. The Bertz CT molecular complexity index is 892. The molecule has 9 heteroatoms. The van der Waals surface area contributed by atoms with Crippen molar-refractivity contribution in [3.05, 3.63) is 51.0 Å². The number of anilines is 1. The van der Waals surface area contributed by atoms with E-state index in [1.807, 2.05) is 6.07 Å². The number of hydrogen-bond acceptors (Lipinski definition) is 4. The smallest absolute Gasteiger partial charge is 0.265 e. The molecule has 2 aromatic carbocycles. The molecule has 2 rings (SSSR count). The number of phenols is 1. The number of phenolic OH excluding ortho intramolecular Hbond substituents is 1. The minimum atomic E-state index is -4.15. The number of nitrogens with one attached hydrogen (secondary N) is 1. The zero-order valence-corrected chi connectivity index (χ0v) is 13.7. The maximum absolute atomic E-state index is 12.3. The lowest BCUT2D eigenvalue weighted by atomic mass is 10.2. The number of aromatic hydroxyl groups is 1. The summed E-state index contributed by atoms with van der Waals surface area (Å²) in [6, 6.07) is 8.13. The molecule has 0 unspecified atom stereocenters. The molecule has 0 saturated heterocycles. The largest absolute Gasteiger partial charge is 0.505 e. The van der Waals surface area contributed by atoms with Crippen molar-refractivity contribution in [2.45, 2.75) is 4.90 Å². The van der Waals surface area contributed by atoms with Crippen LogP contribution in [0.2, 0.25) is 15.1 Å². The summed E-state index contributed by atoms with van der Waals surface area (Å²) < 4.78 is 26.8. The van der Waals surface area contributed by atoms with E-state index in [2.05, 4.69) is 4.72 Å². The van der Waals surface area contributed by atoms with E-state index in [-0.39, 0.29) is 26.3 Å². The topological polar surface area (TPSA) is 90.2 Å². The van der Waals surface area contributed by atoms with Crippen LogP contribution in [-0.2, 0) is 10.0 Å². The predicted octanol–water partition coefficient (Wildman–Crippen LogP) is 4.02. The fourth-order valence-electron chi connectivity index (χ4n) is 1.63. The van der Waals surface area contributed by atoms with Crippen molar-refractivity contribution in [2.75, 3.05) is 4.72 Å². The predicted molar refractivity (Wildman–Crippen MR) is 85.1 cm³/mol. The van der Waals surface area contributed by atoms with Crippen LogP contribution in [0.1, 0.15) is 5.56 Å². The summed E-state index contributed by atoms with van der Waals surface area (Å²) >= 11 is 17.2. The van der Waals surface area contributed by atoms with Gasteiger partial charge in [0.05, 0.1) is 21.3 Å². The van der Waals surface area contributed by atoms with Gasteiger partial charge in [0.2, 0.25) is 0 Å². The summed E-state index contributed by atoms with van der Waals surface area (Å²) in [4.78, 5) is -0.474. The minimum absolute atomic E-state index is 0.0528. The van der Waals surface area contributed by atoms with Gasteiger partial charge in [0.1, 0.15) is 11.0 Å². The first-order chi connectivity index (χ1) is 10.2. The van der Waals surface area contributed by atoms with Crippen LogP contribution >= 0.6 is 34.8 Å². The van der Waals surface area contributed by atoms with Gasteiger partial charge in [-0.2, -0.15) is 5.26 Å². The van der Waals surface area contributed by atoms with Gasteiger partial charge in [0.15, 0.2) is 5.75 Å². The third kappa shape index (κ3) is 3.39. The van der Waals surface area contributed by atoms with Crippen LogP contribution in [0.15, 0.2) is 35.2 Å². The van der Waals surface area contributed by atoms with Gasteiger partial charge in [-0.05, 0) is 30.3 Å². The highest BCUT2D eigenvalue weighted by Crippen LogP contribution is 2.35. The van der Waals surface area contributed by atoms with E-state index < -0.39 is 20.7 Å². The maximum Gasteiger partial charge on any atom is 0.265 e. The average Bonchev–Trinajstić information content (AvgIpc) is 2.44. The van der Waals surface area contributed by atoms with Crippen molar-refractivity contribution >= 4 is 50.5 Å². The van der Waals surface area contributed by atoms with Gasteiger partial charge in [-0.15, -0.1) is 0 Å². The molecular formula is C13H7Cl3N2O3S. The lowest BCUT2D eigenvalue weighted by Crippen LogP contribution is -2.13. The zero-order chi connectivity index (χ0) is 16.5. The highest BCUT2D eigenvalue weighted by atomic mass is 35.5. The third-order valence-electron chi connectivity index (χ3n) is 2.62. The highest BCUT2D eigenvalue weighted by molar-refractivity contribution is 7.92. The summed E-state index contributed by atoms with van der Waals surface area (Å²) in [5.74, 6) is -0.618. The molecule has 0 radical (unpaired) electrons. The molecule has 0 aliphatic heterocycles. The van der Waals surface area contributed by atoms with Crippen LogP contribution in [0, 0.1) is 11.3 Å². The molecule has 0 atom stereocenters. The molecule has 5 nitrogen and oxygen atoms in total. The first-order valence-corrected chi connectivity index (χ1v) is 8.27. The van der Waals surface area contributed by atoms with Crippen LogP contribution in [-0.4, -0.2) is 13.5 Å². The zero-order valence-electron chi connectivity index (χ0n) is 10.6. The molecule has 0 fully saturated rings. The van der Waals surface area contributed by atoms with Gasteiger partial charge >= 0.3 is 0 Å². The number of hydrogen-bond donors (Lipinski definition) is 2. The number of nitrogens with zero attached hydrogens (tertiary/aromatic N) is 1. The molecule has 0 amide bonds. The molecule has 0 aliphatic rings. The molecule has 2 aromatic rings. The molecule has 2 N–H and O–H groups in total. The maximum atomic E-state index is 12.3. The lowest BCUT2D eigenvalue weighted by Gasteiger charge is -2.11. The van der Waals surface area contributed by atoms with Crippen molar-refractivity contribution in [1.82, 2.24) is 0 Å². The Labute approximate surface area is 141 Å². The second-order valence-corrected chi connectivity index (χ2v) is 7.05. The van der Waals surface area contributed by atoms with Gasteiger partial charge in [-0.1, -0.05) is 34.8 Å². The SMILES string of the molecule is N#Cc1cc(NS(=O)(=O)c2cc(Cl)cc(Cl)c2O)ccc1Cl. The Morgan fingerprint density at radius 1 is 1.09 bits per heavy atom. The van der Waals surface area contributed by atoms with Crippen molar-refractivity contribution in [1.29, 1.82) is 5.26 Å². The first kappa shape index (κ1) is 16.7. The second kappa shape index (κ2) is 6.23. The van der Waals surface area contributed by atoms with Gasteiger partial charge in [-0.25, -0.2) is 8.42 Å². The van der Waals surface area contributed by atoms with Crippen LogP contribution in [0.25, 0.3) is 0 Å². The molecule has 0 saturated carbocycles. The molecule has 114 valence electrons. The van der Waals surface area contributed by atoms with E-state index in [9.17, 15) is 13.5 Å². The van der Waals surface area contributed by atoms with Crippen molar-refractivity contribution in [3.8, 4) is 11.8 Å².